The number of piperidine rings is 1. The van der Waals surface area contributed by atoms with Gasteiger partial charge in [-0.3, -0.25) is 19.8 Å². The van der Waals surface area contributed by atoms with Gasteiger partial charge in [0.15, 0.2) is 0 Å². The molecular weight excluding hydrogens is 316 g/mol. The summed E-state index contributed by atoms with van der Waals surface area (Å²) < 4.78 is 0. The maximum Gasteiger partial charge on any atom is 0.307 e. The summed E-state index contributed by atoms with van der Waals surface area (Å²) in [6.45, 7) is 8.74. The quantitative estimate of drug-likeness (QED) is 0.892. The van der Waals surface area contributed by atoms with Crippen LogP contribution in [0.25, 0.3) is 11.4 Å². The monoisotopic (exact) mass is 342 g/mol. The zero-order valence-electron chi connectivity index (χ0n) is 15.1. The topological polar surface area (TPSA) is 82.1 Å². The van der Waals surface area contributed by atoms with Crippen molar-refractivity contribution in [3.8, 4) is 11.4 Å². The minimum absolute atomic E-state index is 0.0967. The molecule has 1 aliphatic rings. The van der Waals surface area contributed by atoms with E-state index in [2.05, 4.69) is 40.9 Å². The molecule has 6 heteroatoms. The van der Waals surface area contributed by atoms with Crippen molar-refractivity contribution >= 4 is 5.97 Å². The number of pyridine rings is 1. The van der Waals surface area contributed by atoms with Crippen LogP contribution in [0.4, 0.5) is 0 Å². The molecular formula is C19H26N4O2. The van der Waals surface area contributed by atoms with Crippen molar-refractivity contribution in [2.75, 3.05) is 13.1 Å². The Kier molecular flexibility index (Phi) is 4.90. The second-order valence-corrected chi connectivity index (χ2v) is 8.02. The minimum Gasteiger partial charge on any atom is -0.481 e. The Hall–Kier alpha value is -2.21. The van der Waals surface area contributed by atoms with Gasteiger partial charge >= 0.3 is 5.97 Å². The summed E-state index contributed by atoms with van der Waals surface area (Å²) in [5.41, 5.74) is 2.73. The van der Waals surface area contributed by atoms with Crippen molar-refractivity contribution in [3.63, 3.8) is 0 Å². The molecule has 2 aromatic heterocycles. The van der Waals surface area contributed by atoms with Gasteiger partial charge in [-0.05, 0) is 36.0 Å². The highest BCUT2D eigenvalue weighted by molar-refractivity contribution is 5.70. The third-order valence-electron chi connectivity index (χ3n) is 5.05. The highest BCUT2D eigenvalue weighted by Crippen LogP contribution is 2.36. The van der Waals surface area contributed by atoms with E-state index in [1.807, 2.05) is 24.3 Å². The number of aromatic nitrogens is 3. The second-order valence-electron chi connectivity index (χ2n) is 8.02. The van der Waals surface area contributed by atoms with Crippen LogP contribution in [-0.2, 0) is 11.3 Å². The fourth-order valence-electron chi connectivity index (χ4n) is 3.45. The van der Waals surface area contributed by atoms with E-state index < -0.39 is 5.97 Å². The maximum absolute atomic E-state index is 11.6. The molecule has 0 radical (unpaired) electrons. The van der Waals surface area contributed by atoms with E-state index in [9.17, 15) is 9.90 Å². The lowest BCUT2D eigenvalue weighted by molar-refractivity contribution is -0.145. The number of H-pyrrole nitrogens is 1. The molecule has 134 valence electrons. The Balaban J connectivity index is 1.73. The van der Waals surface area contributed by atoms with Crippen LogP contribution in [0.15, 0.2) is 30.5 Å². The number of carboxylic acids is 1. The fourth-order valence-corrected chi connectivity index (χ4v) is 3.45. The van der Waals surface area contributed by atoms with Crippen LogP contribution in [0.3, 0.4) is 0 Å². The van der Waals surface area contributed by atoms with Gasteiger partial charge in [0, 0.05) is 31.5 Å². The number of nitrogens with one attached hydrogen (secondary N) is 1. The molecule has 0 bridgehead atoms. The number of hydrogen-bond acceptors (Lipinski definition) is 4. The molecule has 1 aliphatic heterocycles. The van der Waals surface area contributed by atoms with Gasteiger partial charge in [-0.2, -0.15) is 5.10 Å². The van der Waals surface area contributed by atoms with Crippen molar-refractivity contribution in [2.45, 2.75) is 33.7 Å². The number of hydrogen-bond donors (Lipinski definition) is 2. The largest absolute Gasteiger partial charge is 0.481 e. The number of rotatable bonds is 4. The van der Waals surface area contributed by atoms with E-state index in [-0.39, 0.29) is 11.3 Å². The predicted molar refractivity (Wildman–Crippen MR) is 95.8 cm³/mol. The standard InChI is InChI=1S/C19H26N4O2/c1-19(2,3)14-8-13(18(24)25)10-23(11-14)12-15-9-17(22-21-15)16-6-4-5-7-20-16/h4-7,9,13-14H,8,10-12H2,1-3H3,(H,21,22)(H,24,25)/t13-,14+/m0/s1. The molecule has 0 aliphatic carbocycles. The first kappa shape index (κ1) is 17.6. The lowest BCUT2D eigenvalue weighted by Gasteiger charge is -2.42. The molecule has 1 fully saturated rings. The number of likely N-dealkylation sites (tertiary alicyclic amines) is 1. The molecule has 0 amide bonds. The molecule has 0 unspecified atom stereocenters. The Morgan fingerprint density at radius 2 is 2.12 bits per heavy atom. The first-order chi connectivity index (χ1) is 11.8. The van der Waals surface area contributed by atoms with Crippen LogP contribution in [0.1, 0.15) is 32.9 Å². The Morgan fingerprint density at radius 1 is 1.32 bits per heavy atom. The Labute approximate surface area is 148 Å². The Bertz CT molecular complexity index is 721. The molecule has 6 nitrogen and oxygen atoms in total. The van der Waals surface area contributed by atoms with Gasteiger partial charge in [-0.25, -0.2) is 0 Å². The molecule has 0 saturated carbocycles. The van der Waals surface area contributed by atoms with Crippen LogP contribution in [0, 0.1) is 17.3 Å². The summed E-state index contributed by atoms with van der Waals surface area (Å²) in [6.07, 6.45) is 2.50. The molecule has 1 saturated heterocycles. The first-order valence-electron chi connectivity index (χ1n) is 8.74. The smallest absolute Gasteiger partial charge is 0.307 e. The molecule has 25 heavy (non-hydrogen) atoms. The minimum atomic E-state index is -0.697. The highest BCUT2D eigenvalue weighted by atomic mass is 16.4. The zero-order chi connectivity index (χ0) is 18.0. The summed E-state index contributed by atoms with van der Waals surface area (Å²) in [6, 6.07) is 7.74. The van der Waals surface area contributed by atoms with E-state index in [0.29, 0.717) is 19.0 Å². The van der Waals surface area contributed by atoms with E-state index in [4.69, 9.17) is 0 Å². The molecule has 2 aromatic rings. The summed E-state index contributed by atoms with van der Waals surface area (Å²) in [4.78, 5) is 18.1. The van der Waals surface area contributed by atoms with E-state index in [1.54, 1.807) is 6.20 Å². The van der Waals surface area contributed by atoms with Gasteiger partial charge in [-0.1, -0.05) is 26.8 Å². The number of carbonyl (C=O) groups is 1. The molecule has 2 N–H and O–H groups in total. The van der Waals surface area contributed by atoms with Gasteiger partial charge in [0.05, 0.1) is 11.6 Å². The number of nitrogens with zero attached hydrogens (tertiary/aromatic N) is 3. The van der Waals surface area contributed by atoms with E-state index in [1.165, 1.54) is 0 Å². The summed E-state index contributed by atoms with van der Waals surface area (Å²) in [5.74, 6) is -0.644. The molecule has 0 spiro atoms. The normalized spacial score (nSPS) is 22.0. The first-order valence-corrected chi connectivity index (χ1v) is 8.74. The van der Waals surface area contributed by atoms with Crippen LogP contribution < -0.4 is 0 Å². The molecule has 3 rings (SSSR count). The number of aliphatic carboxylic acids is 1. The van der Waals surface area contributed by atoms with Crippen molar-refractivity contribution in [2.24, 2.45) is 17.3 Å². The highest BCUT2D eigenvalue weighted by Gasteiger charge is 2.37. The van der Waals surface area contributed by atoms with Crippen molar-refractivity contribution < 1.29 is 9.90 Å². The lowest BCUT2D eigenvalue weighted by atomic mass is 9.73. The van der Waals surface area contributed by atoms with Crippen LogP contribution in [0.5, 0.6) is 0 Å². The zero-order valence-corrected chi connectivity index (χ0v) is 15.1. The van der Waals surface area contributed by atoms with Gasteiger partial charge < -0.3 is 5.11 Å². The van der Waals surface area contributed by atoms with E-state index >= 15 is 0 Å². The third kappa shape index (κ3) is 4.25. The number of carboxylic acid groups (broad SMARTS) is 1. The maximum atomic E-state index is 11.6. The van der Waals surface area contributed by atoms with Crippen LogP contribution in [-0.4, -0.2) is 44.2 Å². The summed E-state index contributed by atoms with van der Waals surface area (Å²) in [5, 5.41) is 16.9. The average molecular weight is 342 g/mol. The summed E-state index contributed by atoms with van der Waals surface area (Å²) >= 11 is 0. The van der Waals surface area contributed by atoms with Gasteiger partial charge in [0.1, 0.15) is 5.69 Å². The predicted octanol–water partition coefficient (Wildman–Crippen LogP) is 3.04. The van der Waals surface area contributed by atoms with E-state index in [0.717, 1.165) is 30.0 Å². The SMILES string of the molecule is CC(C)(C)[C@@H]1C[C@H](C(=O)O)CN(Cc2cc(-c3ccccn3)n[nH]2)C1. The van der Waals surface area contributed by atoms with Crippen LogP contribution >= 0.6 is 0 Å². The fraction of sp³-hybridized carbons (Fsp3) is 0.526. The van der Waals surface area contributed by atoms with Gasteiger partial charge in [0.2, 0.25) is 0 Å². The van der Waals surface area contributed by atoms with Gasteiger partial charge in [0.25, 0.3) is 0 Å². The average Bonchev–Trinajstić information content (AvgIpc) is 3.03. The van der Waals surface area contributed by atoms with Crippen molar-refractivity contribution in [3.05, 3.63) is 36.2 Å². The molecule has 2 atom stereocenters. The van der Waals surface area contributed by atoms with Gasteiger partial charge in [-0.15, -0.1) is 0 Å². The Morgan fingerprint density at radius 3 is 2.76 bits per heavy atom. The van der Waals surface area contributed by atoms with Crippen molar-refractivity contribution in [1.29, 1.82) is 0 Å². The lowest BCUT2D eigenvalue weighted by Crippen LogP contribution is -2.46. The summed E-state index contributed by atoms with van der Waals surface area (Å²) in [7, 11) is 0. The molecule has 0 aromatic carbocycles. The number of aromatic amines is 1. The second kappa shape index (κ2) is 6.96. The van der Waals surface area contributed by atoms with Crippen LogP contribution in [0.2, 0.25) is 0 Å². The third-order valence-corrected chi connectivity index (χ3v) is 5.05. The molecule has 3 heterocycles. The van der Waals surface area contributed by atoms with Crippen molar-refractivity contribution in [1.82, 2.24) is 20.1 Å².